The Labute approximate surface area is 607 Å². The predicted molar refractivity (Wildman–Crippen MR) is 437 cm³/mol. The first kappa shape index (κ1) is 60.4. The molecule has 486 valence electrons. The molecule has 16 aromatic rings. The van der Waals surface area contributed by atoms with Crippen LogP contribution in [0.2, 0.25) is 0 Å². The highest BCUT2D eigenvalue weighted by molar-refractivity contribution is 7.02. The van der Waals surface area contributed by atoms with Gasteiger partial charge in [0.25, 0.3) is 13.4 Å². The Bertz CT molecular complexity index is 5730. The van der Waals surface area contributed by atoms with Gasteiger partial charge >= 0.3 is 0 Å². The lowest BCUT2D eigenvalue weighted by Crippen LogP contribution is -2.64. The summed E-state index contributed by atoms with van der Waals surface area (Å²) in [5.74, 6) is 1.60. The quantitative estimate of drug-likeness (QED) is 0.107. The van der Waals surface area contributed by atoms with Crippen LogP contribution in [0.3, 0.4) is 0 Å². The van der Waals surface area contributed by atoms with Crippen LogP contribution in [0.1, 0.15) is 0 Å². The van der Waals surface area contributed by atoms with Gasteiger partial charge in [0, 0.05) is 96.9 Å². The Morgan fingerprint density at radius 2 is 0.538 bits per heavy atom. The first-order valence-corrected chi connectivity index (χ1v) is 35.8. The molecule has 0 atom stereocenters. The first-order chi connectivity index (χ1) is 51.7. The molecule has 20 rings (SSSR count). The van der Waals surface area contributed by atoms with Gasteiger partial charge in [-0.25, -0.2) is 0 Å². The molecule has 0 unspecified atom stereocenters. The van der Waals surface area contributed by atoms with E-state index in [-0.39, 0.29) is 13.4 Å². The molecule has 0 amide bonds. The van der Waals surface area contributed by atoms with Gasteiger partial charge in [0.1, 0.15) is 11.5 Å². The number of benzene rings is 16. The van der Waals surface area contributed by atoms with E-state index >= 15 is 0 Å². The molecule has 0 radical (unpaired) electrons. The number of nitrogens with zero attached hydrogens (tertiary/aromatic N) is 5. The van der Waals surface area contributed by atoms with Crippen LogP contribution >= 0.6 is 0 Å². The summed E-state index contributed by atoms with van der Waals surface area (Å²) in [5.41, 5.74) is 31.8. The molecule has 0 fully saturated rings. The van der Waals surface area contributed by atoms with Gasteiger partial charge in [-0.1, -0.05) is 291 Å². The highest BCUT2D eigenvalue weighted by Gasteiger charge is 2.49. The van der Waals surface area contributed by atoms with Crippen LogP contribution in [-0.4, -0.2) is 13.4 Å². The fourth-order valence-corrected chi connectivity index (χ4v) is 16.9. The highest BCUT2D eigenvalue weighted by atomic mass is 16.5. The third kappa shape index (κ3) is 9.97. The van der Waals surface area contributed by atoms with Crippen molar-refractivity contribution < 1.29 is 4.74 Å². The topological polar surface area (TPSA) is 25.4 Å². The smallest absolute Gasteiger partial charge is 0.256 e. The maximum atomic E-state index is 8.00. The third-order valence-corrected chi connectivity index (χ3v) is 21.2. The van der Waals surface area contributed by atoms with Crippen LogP contribution in [0.4, 0.5) is 85.3 Å². The monoisotopic (exact) mass is 1330 g/mol. The van der Waals surface area contributed by atoms with Gasteiger partial charge in [0.05, 0.1) is 22.7 Å². The molecule has 8 heteroatoms. The lowest BCUT2D eigenvalue weighted by atomic mass is 9.30. The second-order valence-electron chi connectivity index (χ2n) is 27.0. The maximum absolute atomic E-state index is 8.00. The van der Waals surface area contributed by atoms with Crippen molar-refractivity contribution in [3.05, 3.63) is 394 Å². The van der Waals surface area contributed by atoms with Gasteiger partial charge < -0.3 is 29.2 Å². The maximum Gasteiger partial charge on any atom is 0.256 e. The molecule has 16 aromatic carbocycles. The summed E-state index contributed by atoms with van der Waals surface area (Å²) in [7, 11) is 0. The fourth-order valence-electron chi connectivity index (χ4n) is 16.9. The van der Waals surface area contributed by atoms with E-state index in [1.165, 1.54) is 21.9 Å². The van der Waals surface area contributed by atoms with E-state index in [2.05, 4.69) is 419 Å². The van der Waals surface area contributed by atoms with Crippen molar-refractivity contribution in [1.29, 1.82) is 0 Å². The first-order valence-electron chi connectivity index (χ1n) is 35.8. The van der Waals surface area contributed by atoms with E-state index in [0.29, 0.717) is 0 Å². The molecule has 4 aliphatic rings. The second-order valence-corrected chi connectivity index (χ2v) is 27.0. The van der Waals surface area contributed by atoms with Crippen molar-refractivity contribution in [1.82, 2.24) is 0 Å². The molecular formula is C96H65B2N5O. The van der Waals surface area contributed by atoms with Crippen molar-refractivity contribution in [2.45, 2.75) is 0 Å². The highest BCUT2D eigenvalue weighted by Crippen LogP contribution is 2.55. The Morgan fingerprint density at radius 1 is 0.212 bits per heavy atom. The molecule has 0 aliphatic carbocycles. The minimum Gasteiger partial charge on any atom is -0.458 e. The summed E-state index contributed by atoms with van der Waals surface area (Å²) in [6, 6.07) is 144. The van der Waals surface area contributed by atoms with Crippen LogP contribution in [0.15, 0.2) is 394 Å². The normalized spacial score (nSPS) is 12.6. The van der Waals surface area contributed by atoms with E-state index in [1.54, 1.807) is 0 Å². The molecule has 0 spiro atoms. The van der Waals surface area contributed by atoms with Gasteiger partial charge in [-0.05, 0) is 146 Å². The van der Waals surface area contributed by atoms with Crippen molar-refractivity contribution in [2.75, 3.05) is 24.5 Å². The minimum absolute atomic E-state index is 0.261. The fraction of sp³-hybridized carbons (Fsp3) is 0. The summed E-state index contributed by atoms with van der Waals surface area (Å²) in [6.07, 6.45) is 0. The lowest BCUT2D eigenvalue weighted by Gasteiger charge is -2.46. The van der Waals surface area contributed by atoms with E-state index in [9.17, 15) is 0 Å². The summed E-state index contributed by atoms with van der Waals surface area (Å²) >= 11 is 0. The second kappa shape index (κ2) is 25.3. The third-order valence-electron chi connectivity index (χ3n) is 21.2. The summed E-state index contributed by atoms with van der Waals surface area (Å²) in [5, 5.41) is 0. The van der Waals surface area contributed by atoms with E-state index < -0.39 is 0 Å². The zero-order valence-corrected chi connectivity index (χ0v) is 56.8. The number of fused-ring (bicyclic) bond motifs is 8. The largest absolute Gasteiger partial charge is 0.458 e. The number of anilines is 15. The van der Waals surface area contributed by atoms with E-state index in [1.807, 2.05) is 0 Å². The number of hydrogen-bond acceptors (Lipinski definition) is 6. The minimum atomic E-state index is -0.276. The number of hydrogen-bond donors (Lipinski definition) is 0. The molecule has 4 aliphatic heterocycles. The Kier molecular flexibility index (Phi) is 14.7. The zero-order chi connectivity index (χ0) is 68.6. The van der Waals surface area contributed by atoms with Crippen LogP contribution in [0, 0.1) is 0 Å². The van der Waals surface area contributed by atoms with Crippen molar-refractivity contribution in [2.24, 2.45) is 0 Å². The van der Waals surface area contributed by atoms with Crippen molar-refractivity contribution >= 4 is 132 Å². The standard InChI is InChI=1S/C96H65B2N5O/c1-10-34-66(35-11-1)77-52-32-53-78(67-36-12-2-13-37-67)95(77)102-85-58-30-28-56-81(85)97-83-64-84-91(65-87(83)101(74-50-26-9-27-51-74)88-60-75(61-89(102)93(88)97)99(70-42-18-5-19-43-70)71-44-20-6-21-45-71)104-92-63-76(100(72-46-22-7-23-47-72)73-48-24-8-25-49-73)62-90-94(92)98(84)82-57-29-31-59-86(82)103(90)96-79(68-38-14-3-15-39-68)54-33-55-80(96)69-40-16-4-17-41-69/h1-65H. The van der Waals surface area contributed by atoms with Gasteiger partial charge in [-0.15, -0.1) is 0 Å². The molecule has 0 saturated heterocycles. The van der Waals surface area contributed by atoms with E-state index in [4.69, 9.17) is 4.74 Å². The van der Waals surface area contributed by atoms with Crippen molar-refractivity contribution in [3.63, 3.8) is 0 Å². The Morgan fingerprint density at radius 3 is 0.942 bits per heavy atom. The number of ether oxygens (including phenoxy) is 1. The molecule has 104 heavy (non-hydrogen) atoms. The van der Waals surface area contributed by atoms with Gasteiger partial charge in [-0.2, -0.15) is 0 Å². The SMILES string of the molecule is c1ccc(-c2cccc(-c3ccccc3)c2N2c3ccccc3B3c4cc5c(cc4Oc4cc(N(c6ccccc6)c6ccccc6)cc2c43)N(c2ccccc2)c2cc(N(c3ccccc3)c3ccccc3)cc3c2B5c2ccccc2N3c2c(-c3ccccc3)cccc2-c2ccccc2)cc1. The van der Waals surface area contributed by atoms with Gasteiger partial charge in [-0.3, -0.25) is 0 Å². The summed E-state index contributed by atoms with van der Waals surface area (Å²) in [6.45, 7) is -0.537. The number of rotatable bonds is 13. The van der Waals surface area contributed by atoms with Crippen LogP contribution < -0.4 is 62.0 Å². The van der Waals surface area contributed by atoms with Gasteiger partial charge in [0.2, 0.25) is 0 Å². The summed E-state index contributed by atoms with van der Waals surface area (Å²) < 4.78 is 8.00. The molecule has 0 N–H and O–H groups in total. The van der Waals surface area contributed by atoms with Crippen molar-refractivity contribution in [3.8, 4) is 56.0 Å². The Hall–Kier alpha value is -13.6. The average molecular weight is 1330 g/mol. The lowest BCUT2D eigenvalue weighted by molar-refractivity contribution is 0.488. The predicted octanol–water partition coefficient (Wildman–Crippen LogP) is 21.8. The van der Waals surface area contributed by atoms with Crippen LogP contribution in [0.5, 0.6) is 11.5 Å². The Balaban J connectivity index is 0.887. The summed E-state index contributed by atoms with van der Waals surface area (Å²) in [4.78, 5) is 12.5. The van der Waals surface area contributed by atoms with Crippen LogP contribution in [-0.2, 0) is 0 Å². The molecule has 6 nitrogen and oxygen atoms in total. The van der Waals surface area contributed by atoms with Gasteiger partial charge in [0.15, 0.2) is 0 Å². The molecule has 0 saturated carbocycles. The van der Waals surface area contributed by atoms with E-state index in [0.717, 1.165) is 152 Å². The zero-order valence-electron chi connectivity index (χ0n) is 56.8. The molecular weight excluding hydrogens is 1260 g/mol. The molecule has 0 aromatic heterocycles. The molecule has 4 heterocycles. The number of para-hydroxylation sites is 9. The average Bonchev–Trinajstić information content (AvgIpc) is 0.688. The molecule has 0 bridgehead atoms. The van der Waals surface area contributed by atoms with Crippen LogP contribution in [0.25, 0.3) is 44.5 Å².